The van der Waals surface area contributed by atoms with Gasteiger partial charge in [0.05, 0.1) is 13.0 Å². The normalized spacial score (nSPS) is 13.9. The van der Waals surface area contributed by atoms with Gasteiger partial charge in [0.2, 0.25) is 5.89 Å². The Morgan fingerprint density at radius 3 is 2.76 bits per heavy atom. The molecule has 0 bridgehead atoms. The van der Waals surface area contributed by atoms with Crippen molar-refractivity contribution < 1.29 is 27.5 Å². The summed E-state index contributed by atoms with van der Waals surface area (Å²) in [6, 6.07) is 0. The Kier molecular flexibility index (Phi) is 4.88. The largest absolute Gasteiger partial charge is 0.414 e. The molecule has 0 saturated carbocycles. The van der Waals surface area contributed by atoms with Crippen LogP contribution in [0.4, 0.5) is 13.2 Å². The summed E-state index contributed by atoms with van der Waals surface area (Å²) in [7, 11) is 0. The number of rotatable bonds is 6. The number of ether oxygens (including phenoxy) is 1. The van der Waals surface area contributed by atoms with E-state index in [4.69, 9.17) is 9.84 Å². The smallest absolute Gasteiger partial charge is 0.383 e. The molecule has 1 aromatic rings. The lowest BCUT2D eigenvalue weighted by molar-refractivity contribution is -0.204. The third-order valence-corrected chi connectivity index (χ3v) is 1.93. The second kappa shape index (κ2) is 5.97. The lowest BCUT2D eigenvalue weighted by Gasteiger charge is -2.11. The van der Waals surface area contributed by atoms with Gasteiger partial charge in [-0.25, -0.2) is 0 Å². The Balaban J connectivity index is 2.45. The van der Waals surface area contributed by atoms with Gasteiger partial charge in [-0.1, -0.05) is 5.16 Å². The summed E-state index contributed by atoms with van der Waals surface area (Å²) in [4.78, 5) is 3.72. The molecule has 1 aromatic heterocycles. The van der Waals surface area contributed by atoms with Crippen LogP contribution in [0.25, 0.3) is 0 Å². The fraction of sp³-hybridized carbons (Fsp3) is 0.778. The topological polar surface area (TPSA) is 68.4 Å². The first kappa shape index (κ1) is 13.9. The Labute approximate surface area is 95.6 Å². The van der Waals surface area contributed by atoms with E-state index >= 15 is 0 Å². The number of nitrogens with zero attached hydrogens (tertiary/aromatic N) is 2. The van der Waals surface area contributed by atoms with E-state index in [1.807, 2.05) is 6.92 Å². The van der Waals surface area contributed by atoms with Crippen molar-refractivity contribution >= 4 is 0 Å². The Bertz CT molecular complexity index is 340. The molecule has 0 aliphatic heterocycles. The predicted molar refractivity (Wildman–Crippen MR) is 50.3 cm³/mol. The van der Waals surface area contributed by atoms with Gasteiger partial charge < -0.3 is 14.4 Å². The van der Waals surface area contributed by atoms with E-state index in [1.54, 1.807) is 0 Å². The minimum Gasteiger partial charge on any atom is -0.383 e. The summed E-state index contributed by atoms with van der Waals surface area (Å²) in [5.41, 5.74) is 0. The molecule has 8 heteroatoms. The average molecular weight is 254 g/mol. The fourth-order valence-electron chi connectivity index (χ4n) is 1.06. The van der Waals surface area contributed by atoms with E-state index < -0.39 is 18.7 Å². The standard InChI is InChI=1S/C9H13F3N2O3/c1-2-16-4-3-7-13-8(17-14-7)5-6(15)9(10,11)12/h6,15H,2-5H2,1H3. The van der Waals surface area contributed by atoms with Crippen molar-refractivity contribution in [1.82, 2.24) is 10.1 Å². The van der Waals surface area contributed by atoms with Crippen LogP contribution in [0.15, 0.2) is 4.52 Å². The number of aliphatic hydroxyl groups excluding tert-OH is 1. The Morgan fingerprint density at radius 2 is 2.18 bits per heavy atom. The van der Waals surface area contributed by atoms with Crippen molar-refractivity contribution in [1.29, 1.82) is 0 Å². The van der Waals surface area contributed by atoms with Crippen molar-refractivity contribution in [3.05, 3.63) is 11.7 Å². The van der Waals surface area contributed by atoms with Gasteiger partial charge in [-0.2, -0.15) is 18.2 Å². The molecular weight excluding hydrogens is 241 g/mol. The third-order valence-electron chi connectivity index (χ3n) is 1.93. The van der Waals surface area contributed by atoms with Crippen LogP contribution in [0.2, 0.25) is 0 Å². The van der Waals surface area contributed by atoms with Crippen LogP contribution >= 0.6 is 0 Å². The van der Waals surface area contributed by atoms with Gasteiger partial charge >= 0.3 is 6.18 Å². The molecule has 0 radical (unpaired) electrons. The first-order valence-electron chi connectivity index (χ1n) is 5.07. The van der Waals surface area contributed by atoms with Gasteiger partial charge in [0.1, 0.15) is 0 Å². The number of alkyl halides is 3. The molecule has 98 valence electrons. The minimum atomic E-state index is -4.68. The van der Waals surface area contributed by atoms with Gasteiger partial charge in [0.25, 0.3) is 0 Å². The van der Waals surface area contributed by atoms with E-state index in [0.29, 0.717) is 19.6 Å². The maximum atomic E-state index is 12.0. The molecule has 0 saturated heterocycles. The lowest BCUT2D eigenvalue weighted by atomic mass is 10.2. The van der Waals surface area contributed by atoms with Crippen molar-refractivity contribution in [3.63, 3.8) is 0 Å². The second-order valence-corrected chi connectivity index (χ2v) is 3.31. The van der Waals surface area contributed by atoms with Crippen molar-refractivity contribution in [2.24, 2.45) is 0 Å². The van der Waals surface area contributed by atoms with E-state index in [2.05, 4.69) is 14.7 Å². The Hall–Kier alpha value is -1.15. The first-order valence-corrected chi connectivity index (χ1v) is 5.07. The summed E-state index contributed by atoms with van der Waals surface area (Å²) in [6.07, 6.45) is -7.53. The quantitative estimate of drug-likeness (QED) is 0.770. The molecule has 0 aliphatic carbocycles. The molecule has 1 atom stereocenters. The SMILES string of the molecule is CCOCCc1noc(CC(O)C(F)(F)F)n1. The van der Waals surface area contributed by atoms with Gasteiger partial charge in [-0.05, 0) is 6.92 Å². The number of halogens is 3. The maximum Gasteiger partial charge on any atom is 0.414 e. The molecule has 0 aromatic carbocycles. The highest BCUT2D eigenvalue weighted by molar-refractivity contribution is 4.89. The Morgan fingerprint density at radius 1 is 1.47 bits per heavy atom. The third kappa shape index (κ3) is 4.70. The van der Waals surface area contributed by atoms with E-state index in [9.17, 15) is 13.2 Å². The minimum absolute atomic E-state index is 0.235. The van der Waals surface area contributed by atoms with E-state index in [-0.39, 0.29) is 11.7 Å². The van der Waals surface area contributed by atoms with Crippen LogP contribution in [-0.2, 0) is 17.6 Å². The molecule has 0 fully saturated rings. The zero-order valence-electron chi connectivity index (χ0n) is 9.20. The average Bonchev–Trinajstić information content (AvgIpc) is 2.65. The highest BCUT2D eigenvalue weighted by Gasteiger charge is 2.39. The molecule has 1 unspecified atom stereocenters. The van der Waals surface area contributed by atoms with Gasteiger partial charge in [-0.15, -0.1) is 0 Å². The van der Waals surface area contributed by atoms with Gasteiger partial charge in [0.15, 0.2) is 11.9 Å². The molecule has 0 amide bonds. The highest BCUT2D eigenvalue weighted by atomic mass is 19.4. The molecule has 0 spiro atoms. The van der Waals surface area contributed by atoms with E-state index in [0.717, 1.165) is 0 Å². The van der Waals surface area contributed by atoms with Crippen molar-refractivity contribution in [3.8, 4) is 0 Å². The van der Waals surface area contributed by atoms with Crippen LogP contribution in [0.3, 0.4) is 0 Å². The summed E-state index contributed by atoms with van der Waals surface area (Å²) in [5, 5.41) is 12.3. The van der Waals surface area contributed by atoms with Gasteiger partial charge in [-0.3, -0.25) is 0 Å². The number of aromatic nitrogens is 2. The number of hydrogen-bond donors (Lipinski definition) is 1. The second-order valence-electron chi connectivity index (χ2n) is 3.31. The zero-order valence-corrected chi connectivity index (χ0v) is 9.20. The van der Waals surface area contributed by atoms with Crippen LogP contribution in [-0.4, -0.2) is 40.7 Å². The first-order chi connectivity index (χ1) is 7.93. The van der Waals surface area contributed by atoms with Crippen LogP contribution in [0, 0.1) is 0 Å². The summed E-state index contributed by atoms with van der Waals surface area (Å²) in [5.74, 6) is 0.0316. The fourth-order valence-corrected chi connectivity index (χ4v) is 1.06. The van der Waals surface area contributed by atoms with Crippen molar-refractivity contribution in [2.75, 3.05) is 13.2 Å². The van der Waals surface area contributed by atoms with E-state index in [1.165, 1.54) is 0 Å². The summed E-state index contributed by atoms with van der Waals surface area (Å²) in [6.45, 7) is 2.73. The molecule has 17 heavy (non-hydrogen) atoms. The maximum absolute atomic E-state index is 12.0. The van der Waals surface area contributed by atoms with Crippen LogP contribution in [0.5, 0.6) is 0 Å². The summed E-state index contributed by atoms with van der Waals surface area (Å²) < 4.78 is 45.7. The number of hydrogen-bond acceptors (Lipinski definition) is 5. The molecule has 5 nitrogen and oxygen atoms in total. The molecule has 1 N–H and O–H groups in total. The highest BCUT2D eigenvalue weighted by Crippen LogP contribution is 2.22. The van der Waals surface area contributed by atoms with Gasteiger partial charge in [0, 0.05) is 13.0 Å². The molecular formula is C9H13F3N2O3. The molecule has 1 heterocycles. The predicted octanol–water partition coefficient (Wildman–Crippen LogP) is 1.11. The molecule has 0 aliphatic rings. The summed E-state index contributed by atoms with van der Waals surface area (Å²) >= 11 is 0. The molecule has 1 rings (SSSR count). The van der Waals surface area contributed by atoms with Crippen molar-refractivity contribution in [2.45, 2.75) is 32.0 Å². The number of aliphatic hydroxyl groups is 1. The van der Waals surface area contributed by atoms with Crippen LogP contribution in [0.1, 0.15) is 18.6 Å². The van der Waals surface area contributed by atoms with Crippen LogP contribution < -0.4 is 0 Å². The monoisotopic (exact) mass is 254 g/mol. The lowest BCUT2D eigenvalue weighted by Crippen LogP contribution is -2.30. The zero-order chi connectivity index (χ0) is 12.9.